The normalized spacial score (nSPS) is 12.4. The average molecular weight is 275 g/mol. The second-order valence-electron chi connectivity index (χ2n) is 4.82. The van der Waals surface area contributed by atoms with Crippen LogP contribution in [0.5, 0.6) is 5.75 Å². The van der Waals surface area contributed by atoms with Gasteiger partial charge in [0.25, 0.3) is 5.89 Å². The molecule has 2 aromatic rings. The van der Waals surface area contributed by atoms with E-state index >= 15 is 0 Å². The third kappa shape index (κ3) is 3.57. The molecule has 0 radical (unpaired) electrons. The molecule has 0 aliphatic carbocycles. The Morgan fingerprint density at radius 1 is 1.30 bits per heavy atom. The molecule has 1 aromatic carbocycles. The smallest absolute Gasteiger partial charge is 0.253 e. The maximum atomic E-state index is 5.82. The van der Waals surface area contributed by atoms with Crippen LogP contribution in [0.2, 0.25) is 0 Å². The fourth-order valence-corrected chi connectivity index (χ4v) is 2.09. The van der Waals surface area contributed by atoms with Crippen LogP contribution in [0.25, 0.3) is 0 Å². The van der Waals surface area contributed by atoms with Gasteiger partial charge in [-0.3, -0.25) is 0 Å². The van der Waals surface area contributed by atoms with Gasteiger partial charge in [-0.25, -0.2) is 0 Å². The predicted octanol–water partition coefficient (Wildman–Crippen LogP) is 2.94. The molecule has 108 valence electrons. The van der Waals surface area contributed by atoms with Gasteiger partial charge in [-0.2, -0.15) is 0 Å². The zero-order chi connectivity index (χ0) is 14.5. The van der Waals surface area contributed by atoms with Crippen LogP contribution in [0.3, 0.4) is 0 Å². The molecule has 1 N–H and O–H groups in total. The summed E-state index contributed by atoms with van der Waals surface area (Å²) in [5.74, 6) is 1.89. The quantitative estimate of drug-likeness (QED) is 0.878. The fraction of sp³-hybridized carbons (Fsp3) is 0.467. The first-order valence-corrected chi connectivity index (χ1v) is 6.86. The summed E-state index contributed by atoms with van der Waals surface area (Å²) in [6.45, 7) is 9.26. The maximum Gasteiger partial charge on any atom is 0.253 e. The van der Waals surface area contributed by atoms with Gasteiger partial charge in [-0.05, 0) is 26.5 Å². The molecule has 0 bridgehead atoms. The van der Waals surface area contributed by atoms with Crippen molar-refractivity contribution in [3.05, 3.63) is 41.1 Å². The van der Waals surface area contributed by atoms with Crippen molar-refractivity contribution in [1.29, 1.82) is 0 Å². The molecule has 0 amide bonds. The van der Waals surface area contributed by atoms with Crippen LogP contribution in [0.15, 0.2) is 22.6 Å². The molecule has 0 aliphatic heterocycles. The Balaban J connectivity index is 2.13. The molecule has 5 heteroatoms. The lowest BCUT2D eigenvalue weighted by molar-refractivity contribution is 0.256. The second kappa shape index (κ2) is 6.52. The van der Waals surface area contributed by atoms with Crippen molar-refractivity contribution in [2.45, 2.75) is 40.3 Å². The standard InChI is InChI=1S/C15H21N3O2/c1-5-16-11(3)13-8-10(2)6-7-14(13)19-9-15-18-17-12(4)20-15/h6-8,11,16H,5,9H2,1-4H3. The molecule has 0 fully saturated rings. The number of rotatable bonds is 6. The molecule has 2 rings (SSSR count). The first-order chi connectivity index (χ1) is 9.60. The average Bonchev–Trinajstić information content (AvgIpc) is 2.83. The lowest BCUT2D eigenvalue weighted by atomic mass is 10.0. The lowest BCUT2D eigenvalue weighted by Crippen LogP contribution is -2.18. The molecule has 5 nitrogen and oxygen atoms in total. The molecule has 0 spiro atoms. The number of aryl methyl sites for hydroxylation is 2. The van der Waals surface area contributed by atoms with Crippen LogP contribution >= 0.6 is 0 Å². The highest BCUT2D eigenvalue weighted by Crippen LogP contribution is 2.27. The van der Waals surface area contributed by atoms with E-state index in [0.717, 1.165) is 17.9 Å². The molecule has 20 heavy (non-hydrogen) atoms. The number of benzene rings is 1. The van der Waals surface area contributed by atoms with E-state index in [1.165, 1.54) is 5.56 Å². The first-order valence-electron chi connectivity index (χ1n) is 6.86. The number of ether oxygens (including phenoxy) is 1. The Morgan fingerprint density at radius 3 is 2.75 bits per heavy atom. The zero-order valence-corrected chi connectivity index (χ0v) is 12.4. The number of hydrogen-bond donors (Lipinski definition) is 1. The summed E-state index contributed by atoms with van der Waals surface area (Å²) < 4.78 is 11.1. The summed E-state index contributed by atoms with van der Waals surface area (Å²) in [6.07, 6.45) is 0. The number of nitrogens with one attached hydrogen (secondary N) is 1. The van der Waals surface area contributed by atoms with Crippen LogP contribution in [-0.4, -0.2) is 16.7 Å². The van der Waals surface area contributed by atoms with Crippen molar-refractivity contribution in [3.8, 4) is 5.75 Å². The largest absolute Gasteiger partial charge is 0.483 e. The van der Waals surface area contributed by atoms with Gasteiger partial charge in [0.15, 0.2) is 6.61 Å². The number of hydrogen-bond acceptors (Lipinski definition) is 5. The van der Waals surface area contributed by atoms with E-state index in [2.05, 4.69) is 42.4 Å². The molecule has 0 saturated carbocycles. The van der Waals surface area contributed by atoms with Crippen molar-refractivity contribution in [3.63, 3.8) is 0 Å². The van der Waals surface area contributed by atoms with Crippen LogP contribution in [0.1, 0.15) is 42.8 Å². The van der Waals surface area contributed by atoms with E-state index in [4.69, 9.17) is 9.15 Å². The molecule has 1 atom stereocenters. The van der Waals surface area contributed by atoms with Crippen molar-refractivity contribution in [2.24, 2.45) is 0 Å². The topological polar surface area (TPSA) is 60.2 Å². The van der Waals surface area contributed by atoms with Crippen molar-refractivity contribution >= 4 is 0 Å². The minimum absolute atomic E-state index is 0.235. The van der Waals surface area contributed by atoms with E-state index in [-0.39, 0.29) is 12.6 Å². The Morgan fingerprint density at radius 2 is 2.10 bits per heavy atom. The van der Waals surface area contributed by atoms with E-state index in [1.54, 1.807) is 6.92 Å². The van der Waals surface area contributed by atoms with E-state index in [1.807, 2.05) is 12.1 Å². The van der Waals surface area contributed by atoms with E-state index in [9.17, 15) is 0 Å². The van der Waals surface area contributed by atoms with Gasteiger partial charge in [0.1, 0.15) is 5.75 Å². The molecular formula is C15H21N3O2. The van der Waals surface area contributed by atoms with Gasteiger partial charge in [0.05, 0.1) is 0 Å². The van der Waals surface area contributed by atoms with E-state index < -0.39 is 0 Å². The molecular weight excluding hydrogens is 254 g/mol. The Labute approximate surface area is 119 Å². The molecule has 0 aliphatic rings. The van der Waals surface area contributed by atoms with Crippen LogP contribution in [0, 0.1) is 13.8 Å². The summed E-state index contributed by atoms with van der Waals surface area (Å²) in [6, 6.07) is 6.40. The van der Waals surface area contributed by atoms with Gasteiger partial charge < -0.3 is 14.5 Å². The Hall–Kier alpha value is -1.88. The van der Waals surface area contributed by atoms with Gasteiger partial charge >= 0.3 is 0 Å². The molecule has 1 heterocycles. The fourth-order valence-electron chi connectivity index (χ4n) is 2.09. The third-order valence-corrected chi connectivity index (χ3v) is 3.06. The molecule has 0 saturated heterocycles. The maximum absolute atomic E-state index is 5.82. The van der Waals surface area contributed by atoms with Gasteiger partial charge in [-0.15, -0.1) is 10.2 Å². The summed E-state index contributed by atoms with van der Waals surface area (Å²) in [5, 5.41) is 11.1. The summed E-state index contributed by atoms with van der Waals surface area (Å²) in [4.78, 5) is 0. The van der Waals surface area contributed by atoms with Crippen molar-refractivity contribution in [1.82, 2.24) is 15.5 Å². The van der Waals surface area contributed by atoms with Gasteiger partial charge in [0.2, 0.25) is 5.89 Å². The minimum Gasteiger partial charge on any atom is -0.483 e. The summed E-state index contributed by atoms with van der Waals surface area (Å²) in [5.41, 5.74) is 2.36. The highest BCUT2D eigenvalue weighted by molar-refractivity contribution is 5.39. The second-order valence-corrected chi connectivity index (χ2v) is 4.82. The Kier molecular flexibility index (Phi) is 4.74. The number of nitrogens with zero attached hydrogens (tertiary/aromatic N) is 2. The SMILES string of the molecule is CCNC(C)c1cc(C)ccc1OCc1nnc(C)o1. The van der Waals surface area contributed by atoms with Crippen LogP contribution in [0.4, 0.5) is 0 Å². The Bertz CT molecular complexity index is 566. The highest BCUT2D eigenvalue weighted by atomic mass is 16.5. The molecule has 1 unspecified atom stereocenters. The third-order valence-electron chi connectivity index (χ3n) is 3.06. The first kappa shape index (κ1) is 14.5. The summed E-state index contributed by atoms with van der Waals surface area (Å²) in [7, 11) is 0. The number of aromatic nitrogens is 2. The van der Waals surface area contributed by atoms with Gasteiger partial charge in [-0.1, -0.05) is 24.6 Å². The molecule has 1 aromatic heterocycles. The van der Waals surface area contributed by atoms with Crippen LogP contribution < -0.4 is 10.1 Å². The summed E-state index contributed by atoms with van der Waals surface area (Å²) >= 11 is 0. The predicted molar refractivity (Wildman–Crippen MR) is 76.6 cm³/mol. The zero-order valence-electron chi connectivity index (χ0n) is 12.4. The van der Waals surface area contributed by atoms with E-state index in [0.29, 0.717) is 11.8 Å². The van der Waals surface area contributed by atoms with Crippen molar-refractivity contribution in [2.75, 3.05) is 6.54 Å². The van der Waals surface area contributed by atoms with Crippen LogP contribution in [-0.2, 0) is 6.61 Å². The minimum atomic E-state index is 0.235. The highest BCUT2D eigenvalue weighted by Gasteiger charge is 2.12. The van der Waals surface area contributed by atoms with Crippen molar-refractivity contribution < 1.29 is 9.15 Å². The lowest BCUT2D eigenvalue weighted by Gasteiger charge is -2.17. The monoisotopic (exact) mass is 275 g/mol. The van der Waals surface area contributed by atoms with Gasteiger partial charge in [0, 0.05) is 18.5 Å².